The summed E-state index contributed by atoms with van der Waals surface area (Å²) in [6.45, 7) is 21.2. The summed E-state index contributed by atoms with van der Waals surface area (Å²) in [6, 6.07) is 2.09. The van der Waals surface area contributed by atoms with E-state index in [1.165, 1.54) is 0 Å². The molecule has 26 heavy (non-hydrogen) atoms. The number of phenols is 1. The van der Waals surface area contributed by atoms with Crippen molar-refractivity contribution in [1.82, 2.24) is 0 Å². The van der Waals surface area contributed by atoms with Crippen molar-refractivity contribution in [1.29, 1.82) is 0 Å². The molecule has 0 spiro atoms. The van der Waals surface area contributed by atoms with Gasteiger partial charge in [0.1, 0.15) is 11.5 Å². The zero-order chi connectivity index (χ0) is 20.2. The third-order valence-corrected chi connectivity index (χ3v) is 5.89. The van der Waals surface area contributed by atoms with Gasteiger partial charge in [0, 0.05) is 16.7 Å². The van der Waals surface area contributed by atoms with Crippen LogP contribution in [0.3, 0.4) is 0 Å². The van der Waals surface area contributed by atoms with Gasteiger partial charge in [-0.1, -0.05) is 67.5 Å². The number of aromatic hydroxyl groups is 1. The van der Waals surface area contributed by atoms with Crippen molar-refractivity contribution in [2.75, 3.05) is 0 Å². The minimum absolute atomic E-state index is 0.139. The van der Waals surface area contributed by atoms with Gasteiger partial charge in [-0.25, -0.2) is 0 Å². The highest BCUT2D eigenvalue weighted by molar-refractivity contribution is 5.81. The molecule has 2 unspecified atom stereocenters. The quantitative estimate of drug-likeness (QED) is 0.578. The predicted molar refractivity (Wildman–Crippen MR) is 112 cm³/mol. The molecule has 0 radical (unpaired) electrons. The number of hydrogen-bond donors (Lipinski definition) is 2. The molecule has 0 heterocycles. The van der Waals surface area contributed by atoms with Gasteiger partial charge >= 0.3 is 0 Å². The van der Waals surface area contributed by atoms with Gasteiger partial charge in [-0.3, -0.25) is 0 Å². The molecule has 2 atom stereocenters. The fourth-order valence-electron chi connectivity index (χ4n) is 3.86. The van der Waals surface area contributed by atoms with Crippen LogP contribution in [0.4, 0.5) is 0 Å². The monoisotopic (exact) mass is 356 g/mol. The summed E-state index contributed by atoms with van der Waals surface area (Å²) in [5.41, 5.74) is 5.49. The third kappa shape index (κ3) is 3.43. The maximum absolute atomic E-state index is 11.2. The highest BCUT2D eigenvalue weighted by Crippen LogP contribution is 2.49. The Bertz CT molecular complexity index is 780. The first-order valence-electron chi connectivity index (χ1n) is 9.67. The number of aliphatic hydroxyl groups excluding tert-OH is 1. The van der Waals surface area contributed by atoms with E-state index in [1.54, 1.807) is 0 Å². The van der Waals surface area contributed by atoms with Gasteiger partial charge < -0.3 is 10.2 Å². The minimum Gasteiger partial charge on any atom is -0.507 e. The molecule has 0 aromatic heterocycles. The average molecular weight is 357 g/mol. The fourth-order valence-corrected chi connectivity index (χ4v) is 3.86. The van der Waals surface area contributed by atoms with Crippen LogP contribution in [0.15, 0.2) is 23.5 Å². The van der Waals surface area contributed by atoms with Crippen molar-refractivity contribution in [2.24, 2.45) is 17.3 Å². The zero-order valence-corrected chi connectivity index (χ0v) is 18.2. The van der Waals surface area contributed by atoms with Crippen molar-refractivity contribution in [3.63, 3.8) is 0 Å². The molecule has 0 saturated heterocycles. The van der Waals surface area contributed by atoms with Crippen molar-refractivity contribution in [3.05, 3.63) is 45.7 Å². The Labute approximate surface area is 159 Å². The van der Waals surface area contributed by atoms with E-state index >= 15 is 0 Å². The summed E-state index contributed by atoms with van der Waals surface area (Å²) in [5, 5.41) is 22.5. The number of hydrogen-bond acceptors (Lipinski definition) is 2. The molecular formula is C24H36O2. The summed E-state index contributed by atoms with van der Waals surface area (Å²) in [7, 11) is 0. The Morgan fingerprint density at radius 3 is 1.88 bits per heavy atom. The average Bonchev–Trinajstić information content (AvgIpc) is 2.47. The number of allylic oxidation sites excluding steroid dienone is 3. The van der Waals surface area contributed by atoms with E-state index in [9.17, 15) is 10.2 Å². The molecular weight excluding hydrogens is 320 g/mol. The standard InChI is InChI=1S/C24H36O2/c1-13-11-17(23(5,6)7)21(25)19(15(13)3)20-16(4)14(2)12-18(22(20)26)24(8,9)10/h11-13,15,25-26H,1-10H3. The molecule has 1 aromatic rings. The Kier molecular flexibility index (Phi) is 5.13. The van der Waals surface area contributed by atoms with Crippen LogP contribution in [0.1, 0.15) is 77.6 Å². The predicted octanol–water partition coefficient (Wildman–Crippen LogP) is 6.83. The van der Waals surface area contributed by atoms with Crippen LogP contribution in [0, 0.1) is 31.1 Å². The van der Waals surface area contributed by atoms with E-state index in [0.717, 1.165) is 33.4 Å². The van der Waals surface area contributed by atoms with Gasteiger partial charge in [0.2, 0.25) is 0 Å². The SMILES string of the molecule is Cc1cc(C(C)(C)C)c(O)c(C2=C(O)C(C(C)(C)C)=CC(C)C2C)c1C. The molecule has 0 bridgehead atoms. The summed E-state index contributed by atoms with van der Waals surface area (Å²) >= 11 is 0. The maximum Gasteiger partial charge on any atom is 0.127 e. The summed E-state index contributed by atoms with van der Waals surface area (Å²) in [5.74, 6) is 1.09. The van der Waals surface area contributed by atoms with Gasteiger partial charge in [-0.05, 0) is 53.2 Å². The van der Waals surface area contributed by atoms with Crippen LogP contribution in [0.5, 0.6) is 5.75 Å². The van der Waals surface area contributed by atoms with E-state index in [1.807, 2.05) is 6.92 Å². The van der Waals surface area contributed by atoms with E-state index < -0.39 is 0 Å². The molecule has 2 nitrogen and oxygen atoms in total. The number of aryl methyl sites for hydroxylation is 1. The minimum atomic E-state index is -0.167. The second kappa shape index (κ2) is 6.48. The number of phenolic OH excluding ortho intramolecular Hbond substituents is 1. The molecule has 1 aromatic carbocycles. The van der Waals surface area contributed by atoms with Crippen LogP contribution >= 0.6 is 0 Å². The Morgan fingerprint density at radius 2 is 1.42 bits per heavy atom. The van der Waals surface area contributed by atoms with E-state index in [-0.39, 0.29) is 16.7 Å². The van der Waals surface area contributed by atoms with Crippen LogP contribution in [-0.4, -0.2) is 10.2 Å². The zero-order valence-electron chi connectivity index (χ0n) is 18.2. The number of aliphatic hydroxyl groups is 1. The Balaban J connectivity index is 2.89. The molecule has 2 rings (SSSR count). The second-order valence-corrected chi connectivity index (χ2v) is 10.1. The smallest absolute Gasteiger partial charge is 0.127 e. The highest BCUT2D eigenvalue weighted by atomic mass is 16.3. The first-order valence-corrected chi connectivity index (χ1v) is 9.67. The summed E-state index contributed by atoms with van der Waals surface area (Å²) < 4.78 is 0. The normalized spacial score (nSPS) is 21.8. The van der Waals surface area contributed by atoms with Crippen molar-refractivity contribution >= 4 is 5.57 Å². The summed E-state index contributed by atoms with van der Waals surface area (Å²) in [4.78, 5) is 0. The molecule has 1 aliphatic carbocycles. The Hall–Kier alpha value is -1.70. The topological polar surface area (TPSA) is 40.5 Å². The number of benzene rings is 1. The fraction of sp³-hybridized carbons (Fsp3) is 0.583. The molecule has 2 heteroatoms. The molecule has 0 amide bonds. The first kappa shape index (κ1) is 20.6. The maximum atomic E-state index is 11.2. The first-order chi connectivity index (χ1) is 11.7. The lowest BCUT2D eigenvalue weighted by Gasteiger charge is -2.35. The van der Waals surface area contributed by atoms with Crippen LogP contribution in [0.25, 0.3) is 5.57 Å². The summed E-state index contributed by atoms with van der Waals surface area (Å²) in [6.07, 6.45) is 2.19. The highest BCUT2D eigenvalue weighted by Gasteiger charge is 2.35. The van der Waals surface area contributed by atoms with Crippen LogP contribution in [-0.2, 0) is 5.41 Å². The van der Waals surface area contributed by atoms with Crippen LogP contribution in [0.2, 0.25) is 0 Å². The third-order valence-electron chi connectivity index (χ3n) is 5.89. The molecule has 1 aliphatic rings. The van der Waals surface area contributed by atoms with Crippen LogP contribution < -0.4 is 0 Å². The van der Waals surface area contributed by atoms with E-state index in [0.29, 0.717) is 17.4 Å². The van der Waals surface area contributed by atoms with Gasteiger partial charge in [-0.2, -0.15) is 0 Å². The molecule has 0 fully saturated rings. The van der Waals surface area contributed by atoms with E-state index in [4.69, 9.17) is 0 Å². The lowest BCUT2D eigenvalue weighted by atomic mass is 9.70. The molecule has 144 valence electrons. The number of rotatable bonds is 1. The van der Waals surface area contributed by atoms with Crippen molar-refractivity contribution < 1.29 is 10.2 Å². The van der Waals surface area contributed by atoms with Gasteiger partial charge in [0.25, 0.3) is 0 Å². The van der Waals surface area contributed by atoms with E-state index in [2.05, 4.69) is 74.5 Å². The van der Waals surface area contributed by atoms with Gasteiger partial charge in [0.05, 0.1) is 0 Å². The van der Waals surface area contributed by atoms with Crippen molar-refractivity contribution in [2.45, 2.75) is 74.7 Å². The lowest BCUT2D eigenvalue weighted by molar-refractivity contribution is 0.358. The largest absolute Gasteiger partial charge is 0.507 e. The van der Waals surface area contributed by atoms with Gasteiger partial charge in [0.15, 0.2) is 0 Å². The Morgan fingerprint density at radius 1 is 0.885 bits per heavy atom. The second-order valence-electron chi connectivity index (χ2n) is 10.1. The molecule has 0 aliphatic heterocycles. The lowest BCUT2D eigenvalue weighted by Crippen LogP contribution is -2.23. The molecule has 2 N–H and O–H groups in total. The van der Waals surface area contributed by atoms with Crippen molar-refractivity contribution in [3.8, 4) is 5.75 Å². The molecule has 0 saturated carbocycles. The van der Waals surface area contributed by atoms with Gasteiger partial charge in [-0.15, -0.1) is 0 Å².